The standard InChI is InChI=1S/C12H14N2O4/c1-8(11(16)14-12(17)13-2)18-10-6-4-3-5-9(10)7-15/h3-8H,1-2H3,(H2,13,14,16,17)/t8-/m1/s1. The second-order valence-electron chi connectivity index (χ2n) is 3.48. The molecule has 0 saturated carbocycles. The molecular formula is C12H14N2O4. The predicted molar refractivity (Wildman–Crippen MR) is 64.5 cm³/mol. The van der Waals surface area contributed by atoms with Gasteiger partial charge in [0.05, 0.1) is 5.56 Å². The molecule has 6 heteroatoms. The van der Waals surface area contributed by atoms with Gasteiger partial charge in [-0.1, -0.05) is 12.1 Å². The Morgan fingerprint density at radius 1 is 1.33 bits per heavy atom. The number of rotatable bonds is 4. The topological polar surface area (TPSA) is 84.5 Å². The summed E-state index contributed by atoms with van der Waals surface area (Å²) in [5.41, 5.74) is 0.345. The molecule has 6 nitrogen and oxygen atoms in total. The number of benzene rings is 1. The average molecular weight is 250 g/mol. The third-order valence-electron chi connectivity index (χ3n) is 2.18. The van der Waals surface area contributed by atoms with E-state index in [2.05, 4.69) is 10.6 Å². The monoisotopic (exact) mass is 250 g/mol. The molecule has 0 aromatic heterocycles. The Kier molecular flexibility index (Phi) is 4.86. The van der Waals surface area contributed by atoms with Crippen LogP contribution in [0.3, 0.4) is 0 Å². The summed E-state index contributed by atoms with van der Waals surface area (Å²) in [7, 11) is 1.40. The van der Waals surface area contributed by atoms with Crippen molar-refractivity contribution in [2.24, 2.45) is 0 Å². The first kappa shape index (κ1) is 13.7. The number of carbonyl (C=O) groups is 3. The summed E-state index contributed by atoms with van der Waals surface area (Å²) >= 11 is 0. The number of ether oxygens (including phenoxy) is 1. The number of imide groups is 1. The van der Waals surface area contributed by atoms with Crippen LogP contribution < -0.4 is 15.4 Å². The van der Waals surface area contributed by atoms with Gasteiger partial charge < -0.3 is 10.1 Å². The first-order valence-electron chi connectivity index (χ1n) is 5.32. The van der Waals surface area contributed by atoms with Crippen molar-refractivity contribution in [2.75, 3.05) is 7.05 Å². The van der Waals surface area contributed by atoms with Crippen molar-refractivity contribution in [3.8, 4) is 5.75 Å². The lowest BCUT2D eigenvalue weighted by molar-refractivity contribution is -0.126. The minimum absolute atomic E-state index is 0.298. The van der Waals surface area contributed by atoms with Crippen molar-refractivity contribution < 1.29 is 19.1 Å². The molecule has 0 radical (unpaired) electrons. The van der Waals surface area contributed by atoms with Gasteiger partial charge in [-0.25, -0.2) is 4.79 Å². The Hall–Kier alpha value is -2.37. The summed E-state index contributed by atoms with van der Waals surface area (Å²) in [6.45, 7) is 1.49. The van der Waals surface area contributed by atoms with Crippen LogP contribution in [0.5, 0.6) is 5.75 Å². The van der Waals surface area contributed by atoms with Crippen molar-refractivity contribution in [2.45, 2.75) is 13.0 Å². The van der Waals surface area contributed by atoms with Gasteiger partial charge in [-0.15, -0.1) is 0 Å². The van der Waals surface area contributed by atoms with E-state index in [9.17, 15) is 14.4 Å². The Morgan fingerprint density at radius 3 is 2.61 bits per heavy atom. The van der Waals surface area contributed by atoms with E-state index in [0.717, 1.165) is 0 Å². The molecule has 0 fully saturated rings. The van der Waals surface area contributed by atoms with Crippen molar-refractivity contribution in [1.82, 2.24) is 10.6 Å². The Morgan fingerprint density at radius 2 is 2.00 bits per heavy atom. The van der Waals surface area contributed by atoms with E-state index >= 15 is 0 Å². The molecule has 1 aromatic rings. The summed E-state index contributed by atoms with van der Waals surface area (Å²) in [6, 6.07) is 5.91. The zero-order valence-corrected chi connectivity index (χ0v) is 10.1. The summed E-state index contributed by atoms with van der Waals surface area (Å²) in [4.78, 5) is 33.2. The number of amides is 3. The maximum atomic E-state index is 11.5. The normalized spacial score (nSPS) is 11.2. The van der Waals surface area contributed by atoms with E-state index in [1.54, 1.807) is 24.3 Å². The largest absolute Gasteiger partial charge is 0.480 e. The van der Waals surface area contributed by atoms with Crippen LogP contribution in [-0.4, -0.2) is 31.4 Å². The number of urea groups is 1. The highest BCUT2D eigenvalue weighted by Gasteiger charge is 2.17. The maximum absolute atomic E-state index is 11.5. The molecule has 2 N–H and O–H groups in total. The zero-order valence-electron chi connectivity index (χ0n) is 10.1. The zero-order chi connectivity index (χ0) is 13.5. The highest BCUT2D eigenvalue weighted by molar-refractivity contribution is 5.96. The third kappa shape index (κ3) is 3.58. The molecule has 1 aromatic carbocycles. The van der Waals surface area contributed by atoms with Gasteiger partial charge in [0.25, 0.3) is 5.91 Å². The fourth-order valence-corrected chi connectivity index (χ4v) is 1.21. The molecule has 1 rings (SSSR count). The molecule has 0 aliphatic carbocycles. The quantitative estimate of drug-likeness (QED) is 0.771. The van der Waals surface area contributed by atoms with Gasteiger partial charge in [-0.05, 0) is 19.1 Å². The van der Waals surface area contributed by atoms with E-state index in [1.165, 1.54) is 14.0 Å². The van der Waals surface area contributed by atoms with Crippen molar-refractivity contribution in [1.29, 1.82) is 0 Å². The van der Waals surface area contributed by atoms with E-state index in [1.807, 2.05) is 0 Å². The van der Waals surface area contributed by atoms with Gasteiger partial charge in [0.15, 0.2) is 12.4 Å². The lowest BCUT2D eigenvalue weighted by Crippen LogP contribution is -2.44. The summed E-state index contributed by atoms with van der Waals surface area (Å²) in [6.07, 6.45) is -0.248. The van der Waals surface area contributed by atoms with Gasteiger partial charge in [-0.3, -0.25) is 14.9 Å². The molecule has 96 valence electrons. The molecule has 0 saturated heterocycles. The number of hydrogen-bond donors (Lipinski definition) is 2. The molecule has 0 bridgehead atoms. The lowest BCUT2D eigenvalue weighted by Gasteiger charge is -2.14. The molecule has 0 aliphatic heterocycles. The lowest BCUT2D eigenvalue weighted by atomic mass is 10.2. The van der Waals surface area contributed by atoms with E-state index < -0.39 is 18.0 Å². The highest BCUT2D eigenvalue weighted by atomic mass is 16.5. The minimum atomic E-state index is -0.886. The smallest absolute Gasteiger partial charge is 0.321 e. The number of para-hydroxylation sites is 1. The van der Waals surface area contributed by atoms with Crippen molar-refractivity contribution >= 4 is 18.2 Å². The Balaban J connectivity index is 2.69. The number of hydrogen-bond acceptors (Lipinski definition) is 4. The van der Waals surface area contributed by atoms with E-state index in [-0.39, 0.29) is 0 Å². The van der Waals surface area contributed by atoms with Crippen LogP contribution >= 0.6 is 0 Å². The van der Waals surface area contributed by atoms with Gasteiger partial charge in [0.1, 0.15) is 5.75 Å². The third-order valence-corrected chi connectivity index (χ3v) is 2.18. The number of nitrogens with one attached hydrogen (secondary N) is 2. The predicted octanol–water partition coefficient (Wildman–Crippen LogP) is 0.722. The van der Waals surface area contributed by atoms with Crippen molar-refractivity contribution in [3.05, 3.63) is 29.8 Å². The van der Waals surface area contributed by atoms with Crippen LogP contribution in [0.25, 0.3) is 0 Å². The maximum Gasteiger partial charge on any atom is 0.321 e. The molecule has 0 unspecified atom stereocenters. The molecule has 18 heavy (non-hydrogen) atoms. The summed E-state index contributed by atoms with van der Waals surface area (Å²) in [5, 5.41) is 4.34. The first-order chi connectivity index (χ1) is 8.58. The summed E-state index contributed by atoms with van der Waals surface area (Å²) in [5.74, 6) is -0.290. The van der Waals surface area contributed by atoms with Crippen LogP contribution in [0.15, 0.2) is 24.3 Å². The second kappa shape index (κ2) is 6.39. The Labute approximate surface area is 104 Å². The van der Waals surface area contributed by atoms with Gasteiger partial charge in [0, 0.05) is 7.05 Å². The number of aldehydes is 1. The van der Waals surface area contributed by atoms with Crippen LogP contribution in [0.4, 0.5) is 4.79 Å². The average Bonchev–Trinajstić information content (AvgIpc) is 2.39. The van der Waals surface area contributed by atoms with Gasteiger partial charge in [0.2, 0.25) is 0 Å². The van der Waals surface area contributed by atoms with Crippen LogP contribution in [0.2, 0.25) is 0 Å². The highest BCUT2D eigenvalue weighted by Crippen LogP contribution is 2.17. The fourth-order valence-electron chi connectivity index (χ4n) is 1.21. The number of carbonyl (C=O) groups excluding carboxylic acids is 3. The molecule has 3 amide bonds. The SMILES string of the molecule is CNC(=O)NC(=O)[C@@H](C)Oc1ccccc1C=O. The first-order valence-corrected chi connectivity index (χ1v) is 5.32. The van der Waals surface area contributed by atoms with Crippen LogP contribution in [0, 0.1) is 0 Å². The minimum Gasteiger partial charge on any atom is -0.480 e. The molecular weight excluding hydrogens is 236 g/mol. The second-order valence-corrected chi connectivity index (χ2v) is 3.48. The van der Waals surface area contributed by atoms with Gasteiger partial charge in [-0.2, -0.15) is 0 Å². The van der Waals surface area contributed by atoms with E-state index in [4.69, 9.17) is 4.74 Å². The Bertz CT molecular complexity index is 459. The summed E-state index contributed by atoms with van der Waals surface area (Å²) < 4.78 is 5.32. The molecule has 0 aliphatic rings. The fraction of sp³-hybridized carbons (Fsp3) is 0.250. The van der Waals surface area contributed by atoms with Crippen molar-refractivity contribution in [3.63, 3.8) is 0 Å². The van der Waals surface area contributed by atoms with Gasteiger partial charge >= 0.3 is 6.03 Å². The molecule has 1 atom stereocenters. The molecule has 0 heterocycles. The van der Waals surface area contributed by atoms with Crippen LogP contribution in [0.1, 0.15) is 17.3 Å². The van der Waals surface area contributed by atoms with Crippen LogP contribution in [-0.2, 0) is 4.79 Å². The molecule has 0 spiro atoms. The van der Waals surface area contributed by atoms with E-state index in [0.29, 0.717) is 17.6 Å².